The Hall–Kier alpha value is -1.02. The fourth-order valence-corrected chi connectivity index (χ4v) is 1.55. The molecule has 0 heterocycles. The molecule has 3 N–H and O–H groups in total. The Morgan fingerprint density at radius 1 is 1.25 bits per heavy atom. The average Bonchev–Trinajstić information content (AvgIpc) is 2.24. The second kappa shape index (κ2) is 6.54. The van der Waals surface area contributed by atoms with Gasteiger partial charge in [-0.3, -0.25) is 0 Å². The highest BCUT2D eigenvalue weighted by Crippen LogP contribution is 2.08. The normalized spacial score (nSPS) is 13.0. The van der Waals surface area contributed by atoms with Gasteiger partial charge in [0.1, 0.15) is 0 Å². The standard InChI is InChI=1S/C14H24N2/c1-11(2)12(3)10-16-8-7-13-5-4-6-14(15)9-13/h4-6,9,11-12,16H,7-8,10,15H2,1-3H3. The number of nitrogen functional groups attached to an aromatic ring is 1. The quantitative estimate of drug-likeness (QED) is 0.571. The zero-order valence-corrected chi connectivity index (χ0v) is 10.7. The van der Waals surface area contributed by atoms with Gasteiger partial charge in [0.25, 0.3) is 0 Å². The number of anilines is 1. The summed E-state index contributed by atoms with van der Waals surface area (Å²) >= 11 is 0. The highest BCUT2D eigenvalue weighted by molar-refractivity contribution is 5.40. The van der Waals surface area contributed by atoms with Crippen molar-refractivity contribution in [2.45, 2.75) is 27.2 Å². The number of nitrogens with one attached hydrogen (secondary N) is 1. The molecule has 0 spiro atoms. The van der Waals surface area contributed by atoms with Gasteiger partial charge in [-0.1, -0.05) is 32.9 Å². The van der Waals surface area contributed by atoms with Gasteiger partial charge >= 0.3 is 0 Å². The van der Waals surface area contributed by atoms with Crippen LogP contribution in [0.15, 0.2) is 24.3 Å². The van der Waals surface area contributed by atoms with Crippen molar-refractivity contribution in [3.05, 3.63) is 29.8 Å². The summed E-state index contributed by atoms with van der Waals surface area (Å²) in [5.74, 6) is 1.49. The van der Waals surface area contributed by atoms with Crippen LogP contribution in [0.25, 0.3) is 0 Å². The van der Waals surface area contributed by atoms with Crippen LogP contribution in [0.4, 0.5) is 5.69 Å². The van der Waals surface area contributed by atoms with Gasteiger partial charge < -0.3 is 11.1 Å². The van der Waals surface area contributed by atoms with Gasteiger partial charge in [0.15, 0.2) is 0 Å². The van der Waals surface area contributed by atoms with Crippen LogP contribution >= 0.6 is 0 Å². The highest BCUT2D eigenvalue weighted by Gasteiger charge is 2.05. The van der Waals surface area contributed by atoms with Gasteiger partial charge in [-0.25, -0.2) is 0 Å². The molecule has 0 saturated heterocycles. The largest absolute Gasteiger partial charge is 0.399 e. The van der Waals surface area contributed by atoms with Crippen molar-refractivity contribution < 1.29 is 0 Å². The van der Waals surface area contributed by atoms with Gasteiger partial charge in [-0.2, -0.15) is 0 Å². The van der Waals surface area contributed by atoms with Gasteiger partial charge in [0.05, 0.1) is 0 Å². The maximum Gasteiger partial charge on any atom is 0.0316 e. The first-order chi connectivity index (χ1) is 7.59. The predicted molar refractivity (Wildman–Crippen MR) is 71.4 cm³/mol. The average molecular weight is 220 g/mol. The van der Waals surface area contributed by atoms with Crippen LogP contribution in [0.2, 0.25) is 0 Å². The van der Waals surface area contributed by atoms with Crippen molar-refractivity contribution in [1.82, 2.24) is 5.32 Å². The van der Waals surface area contributed by atoms with Crippen molar-refractivity contribution in [3.63, 3.8) is 0 Å². The lowest BCUT2D eigenvalue weighted by Gasteiger charge is -2.16. The third kappa shape index (κ3) is 4.67. The van der Waals surface area contributed by atoms with E-state index in [-0.39, 0.29) is 0 Å². The summed E-state index contributed by atoms with van der Waals surface area (Å²) in [5, 5.41) is 3.49. The van der Waals surface area contributed by atoms with Gasteiger partial charge in [-0.15, -0.1) is 0 Å². The Kier molecular flexibility index (Phi) is 5.33. The lowest BCUT2D eigenvalue weighted by molar-refractivity contribution is 0.394. The zero-order valence-electron chi connectivity index (χ0n) is 10.7. The SMILES string of the molecule is CC(C)C(C)CNCCc1cccc(N)c1. The molecule has 1 rings (SSSR count). The molecule has 1 aromatic rings. The molecule has 0 aliphatic carbocycles. The Labute approximate surface area is 99.2 Å². The molecule has 1 atom stereocenters. The first kappa shape index (κ1) is 13.0. The van der Waals surface area contributed by atoms with Crippen LogP contribution < -0.4 is 11.1 Å². The Bertz CT molecular complexity index is 307. The summed E-state index contributed by atoms with van der Waals surface area (Å²) < 4.78 is 0. The van der Waals surface area contributed by atoms with E-state index >= 15 is 0 Å². The highest BCUT2D eigenvalue weighted by atomic mass is 14.9. The summed E-state index contributed by atoms with van der Waals surface area (Å²) in [7, 11) is 0. The summed E-state index contributed by atoms with van der Waals surface area (Å²) in [6.07, 6.45) is 1.05. The fraction of sp³-hybridized carbons (Fsp3) is 0.571. The number of hydrogen-bond donors (Lipinski definition) is 2. The Morgan fingerprint density at radius 2 is 2.00 bits per heavy atom. The molecule has 0 radical (unpaired) electrons. The lowest BCUT2D eigenvalue weighted by Crippen LogP contribution is -2.26. The smallest absolute Gasteiger partial charge is 0.0316 e. The topological polar surface area (TPSA) is 38.0 Å². The minimum atomic E-state index is 0.737. The van der Waals surface area contributed by atoms with E-state index in [2.05, 4.69) is 32.2 Å². The van der Waals surface area contributed by atoms with Crippen LogP contribution in [-0.2, 0) is 6.42 Å². The summed E-state index contributed by atoms with van der Waals surface area (Å²) in [4.78, 5) is 0. The van der Waals surface area contributed by atoms with Crippen LogP contribution in [0, 0.1) is 11.8 Å². The van der Waals surface area contributed by atoms with Gasteiger partial charge in [-0.05, 0) is 49.0 Å². The van der Waals surface area contributed by atoms with Crippen molar-refractivity contribution in [3.8, 4) is 0 Å². The molecule has 0 saturated carbocycles. The van der Waals surface area contributed by atoms with E-state index in [1.165, 1.54) is 5.56 Å². The van der Waals surface area contributed by atoms with E-state index in [4.69, 9.17) is 5.73 Å². The van der Waals surface area contributed by atoms with Crippen molar-refractivity contribution in [1.29, 1.82) is 0 Å². The first-order valence-electron chi connectivity index (χ1n) is 6.14. The Balaban J connectivity index is 2.21. The number of benzene rings is 1. The van der Waals surface area contributed by atoms with Crippen molar-refractivity contribution >= 4 is 5.69 Å². The molecule has 2 heteroatoms. The predicted octanol–water partition coefficient (Wildman–Crippen LogP) is 2.69. The third-order valence-electron chi connectivity index (χ3n) is 3.15. The minimum Gasteiger partial charge on any atom is -0.399 e. The summed E-state index contributed by atoms with van der Waals surface area (Å²) in [6, 6.07) is 8.12. The lowest BCUT2D eigenvalue weighted by atomic mass is 9.98. The molecule has 1 unspecified atom stereocenters. The van der Waals surface area contributed by atoms with E-state index < -0.39 is 0 Å². The molecule has 0 bridgehead atoms. The summed E-state index contributed by atoms with van der Waals surface area (Å²) in [5.41, 5.74) is 7.89. The number of hydrogen-bond acceptors (Lipinski definition) is 2. The van der Waals surface area contributed by atoms with Gasteiger partial charge in [0.2, 0.25) is 0 Å². The maximum absolute atomic E-state index is 5.73. The van der Waals surface area contributed by atoms with Crippen LogP contribution in [0.1, 0.15) is 26.3 Å². The molecule has 16 heavy (non-hydrogen) atoms. The fourth-order valence-electron chi connectivity index (χ4n) is 1.55. The monoisotopic (exact) mass is 220 g/mol. The van der Waals surface area contributed by atoms with E-state index in [0.29, 0.717) is 0 Å². The maximum atomic E-state index is 5.73. The van der Waals surface area contributed by atoms with Gasteiger partial charge in [0, 0.05) is 5.69 Å². The molecule has 0 aliphatic heterocycles. The second-order valence-electron chi connectivity index (χ2n) is 4.92. The van der Waals surface area contributed by atoms with Crippen molar-refractivity contribution in [2.24, 2.45) is 11.8 Å². The minimum absolute atomic E-state index is 0.737. The molecule has 2 nitrogen and oxygen atoms in total. The van der Waals surface area contributed by atoms with Crippen LogP contribution in [0.3, 0.4) is 0 Å². The molecule has 0 aliphatic rings. The summed E-state index contributed by atoms with van der Waals surface area (Å²) in [6.45, 7) is 8.95. The van der Waals surface area contributed by atoms with Crippen LogP contribution in [-0.4, -0.2) is 13.1 Å². The first-order valence-corrected chi connectivity index (χ1v) is 6.14. The van der Waals surface area contributed by atoms with Crippen molar-refractivity contribution in [2.75, 3.05) is 18.8 Å². The van der Waals surface area contributed by atoms with E-state index in [0.717, 1.165) is 37.0 Å². The third-order valence-corrected chi connectivity index (χ3v) is 3.15. The molecule has 90 valence electrons. The van der Waals surface area contributed by atoms with E-state index in [1.54, 1.807) is 0 Å². The molecule has 0 fully saturated rings. The number of nitrogens with two attached hydrogens (primary N) is 1. The zero-order chi connectivity index (χ0) is 12.0. The van der Waals surface area contributed by atoms with E-state index in [1.807, 2.05) is 18.2 Å². The second-order valence-corrected chi connectivity index (χ2v) is 4.92. The van der Waals surface area contributed by atoms with E-state index in [9.17, 15) is 0 Å². The Morgan fingerprint density at radius 3 is 2.62 bits per heavy atom. The molecular formula is C14H24N2. The molecular weight excluding hydrogens is 196 g/mol. The molecule has 0 amide bonds. The number of rotatable bonds is 6. The van der Waals surface area contributed by atoms with Crippen LogP contribution in [0.5, 0.6) is 0 Å². The molecule has 0 aromatic heterocycles. The molecule has 1 aromatic carbocycles.